The van der Waals surface area contributed by atoms with Crippen molar-refractivity contribution in [2.45, 2.75) is 71.8 Å². The van der Waals surface area contributed by atoms with Crippen molar-refractivity contribution in [2.75, 3.05) is 13.7 Å². The van der Waals surface area contributed by atoms with E-state index in [9.17, 15) is 14.4 Å². The van der Waals surface area contributed by atoms with E-state index in [2.05, 4.69) is 29.8 Å². The SMILES string of the molecule is COC(=O)CO/N=C1\C=C2C[C@@H](OC(C)=O)CC[C@]2(C)[C@H]2CC[C@]3(C)C(=O)CC[C@H]3[C@H]12. The smallest absolute Gasteiger partial charge is 0.346 e. The molecule has 0 aromatic carbocycles. The van der Waals surface area contributed by atoms with Crippen molar-refractivity contribution in [1.82, 2.24) is 0 Å². The summed E-state index contributed by atoms with van der Waals surface area (Å²) in [6.07, 6.45) is 7.85. The monoisotopic (exact) mass is 431 g/mol. The topological polar surface area (TPSA) is 91.3 Å². The molecule has 0 radical (unpaired) electrons. The zero-order chi connectivity index (χ0) is 22.4. The molecule has 4 aliphatic rings. The van der Waals surface area contributed by atoms with Crippen LogP contribution in [0.4, 0.5) is 0 Å². The third-order valence-electron chi connectivity index (χ3n) is 8.54. The molecule has 31 heavy (non-hydrogen) atoms. The van der Waals surface area contributed by atoms with Gasteiger partial charge in [0.15, 0.2) is 0 Å². The first-order chi connectivity index (χ1) is 14.7. The van der Waals surface area contributed by atoms with E-state index in [0.717, 1.165) is 37.8 Å². The minimum atomic E-state index is -0.480. The predicted molar refractivity (Wildman–Crippen MR) is 113 cm³/mol. The Morgan fingerprint density at radius 2 is 1.84 bits per heavy atom. The van der Waals surface area contributed by atoms with Gasteiger partial charge >= 0.3 is 11.9 Å². The molecule has 3 fully saturated rings. The Morgan fingerprint density at radius 1 is 1.13 bits per heavy atom. The molecule has 0 N–H and O–H groups in total. The standard InChI is InChI=1S/C24H33NO6/c1-14(26)31-16-7-9-23(2)15(11-16)12-19(25-30-13-21(28)29-4)22-17-5-6-20(27)24(17,3)10-8-18(22)23/h12,16-18,22H,5-11,13H2,1-4H3/b25-19+/t16-,17-,18-,22-,23-,24-/m0/s1. The summed E-state index contributed by atoms with van der Waals surface area (Å²) in [6.45, 7) is 5.65. The normalized spacial score (nSPS) is 40.3. The van der Waals surface area contributed by atoms with E-state index < -0.39 is 5.97 Å². The molecule has 0 aliphatic heterocycles. The summed E-state index contributed by atoms with van der Waals surface area (Å²) in [5.41, 5.74) is 1.74. The fourth-order valence-electron chi connectivity index (χ4n) is 6.81. The van der Waals surface area contributed by atoms with Crippen molar-refractivity contribution in [1.29, 1.82) is 0 Å². The number of carbonyl (C=O) groups is 3. The Hall–Kier alpha value is -2.18. The number of Topliss-reactive ketones (excluding diaryl/α,β-unsaturated/α-hetero) is 1. The lowest BCUT2D eigenvalue weighted by atomic mass is 9.47. The molecule has 170 valence electrons. The third kappa shape index (κ3) is 3.70. The number of esters is 2. The molecule has 0 aromatic heterocycles. The van der Waals surface area contributed by atoms with Gasteiger partial charge in [0.1, 0.15) is 11.9 Å². The molecular weight excluding hydrogens is 398 g/mol. The quantitative estimate of drug-likeness (QED) is 0.499. The number of carbonyl (C=O) groups excluding carboxylic acids is 3. The first-order valence-electron chi connectivity index (χ1n) is 11.4. The van der Waals surface area contributed by atoms with Gasteiger partial charge in [-0.25, -0.2) is 4.79 Å². The number of oxime groups is 1. The highest BCUT2D eigenvalue weighted by molar-refractivity contribution is 6.00. The summed E-state index contributed by atoms with van der Waals surface area (Å²) in [5, 5.41) is 4.40. The van der Waals surface area contributed by atoms with E-state index >= 15 is 0 Å². The fourth-order valence-corrected chi connectivity index (χ4v) is 6.81. The number of methoxy groups -OCH3 is 1. The molecule has 7 nitrogen and oxygen atoms in total. The van der Waals surface area contributed by atoms with E-state index in [1.165, 1.54) is 19.6 Å². The van der Waals surface area contributed by atoms with Crippen LogP contribution in [-0.4, -0.2) is 43.3 Å². The summed E-state index contributed by atoms with van der Waals surface area (Å²) in [7, 11) is 1.32. The number of hydrogen-bond acceptors (Lipinski definition) is 7. The highest BCUT2D eigenvalue weighted by Gasteiger charge is 2.60. The van der Waals surface area contributed by atoms with Crippen LogP contribution >= 0.6 is 0 Å². The second-order valence-electron chi connectivity index (χ2n) is 10.1. The summed E-state index contributed by atoms with van der Waals surface area (Å²) in [6, 6.07) is 0. The highest BCUT2D eigenvalue weighted by atomic mass is 16.6. The van der Waals surface area contributed by atoms with Gasteiger partial charge in [-0.1, -0.05) is 24.6 Å². The minimum absolute atomic E-state index is 0.00431. The maximum atomic E-state index is 12.8. The van der Waals surface area contributed by atoms with Crippen LogP contribution in [-0.2, 0) is 28.7 Å². The molecule has 3 saturated carbocycles. The van der Waals surface area contributed by atoms with E-state index in [1.54, 1.807) is 0 Å². The Kier molecular flexibility index (Phi) is 5.73. The Labute approximate surface area is 183 Å². The van der Waals surface area contributed by atoms with Crippen LogP contribution in [0.1, 0.15) is 65.7 Å². The van der Waals surface area contributed by atoms with Crippen LogP contribution in [0, 0.1) is 28.6 Å². The van der Waals surface area contributed by atoms with E-state index in [1.807, 2.05) is 0 Å². The molecule has 6 atom stereocenters. The lowest BCUT2D eigenvalue weighted by Gasteiger charge is -2.56. The van der Waals surface area contributed by atoms with Crippen molar-refractivity contribution in [3.8, 4) is 0 Å². The summed E-state index contributed by atoms with van der Waals surface area (Å²) in [5.74, 6) is 0.351. The van der Waals surface area contributed by atoms with Gasteiger partial charge in [0, 0.05) is 31.1 Å². The number of ketones is 1. The molecule has 0 saturated heterocycles. The Morgan fingerprint density at radius 3 is 2.55 bits per heavy atom. The maximum Gasteiger partial charge on any atom is 0.346 e. The first-order valence-corrected chi connectivity index (χ1v) is 11.4. The Balaban J connectivity index is 1.70. The number of hydrogen-bond donors (Lipinski definition) is 0. The van der Waals surface area contributed by atoms with Gasteiger partial charge in [-0.15, -0.1) is 0 Å². The first kappa shape index (κ1) is 22.0. The molecule has 7 heteroatoms. The lowest BCUT2D eigenvalue weighted by Crippen LogP contribution is -2.53. The van der Waals surface area contributed by atoms with Gasteiger partial charge in [-0.2, -0.15) is 0 Å². The van der Waals surface area contributed by atoms with Gasteiger partial charge < -0.3 is 14.3 Å². The van der Waals surface area contributed by atoms with Crippen molar-refractivity contribution in [3.63, 3.8) is 0 Å². The van der Waals surface area contributed by atoms with Crippen molar-refractivity contribution < 1.29 is 28.7 Å². The van der Waals surface area contributed by atoms with Gasteiger partial charge in [0.2, 0.25) is 6.61 Å². The van der Waals surface area contributed by atoms with Crippen LogP contribution in [0.25, 0.3) is 0 Å². The molecule has 0 unspecified atom stereocenters. The number of nitrogens with zero attached hydrogens (tertiary/aromatic N) is 1. The molecule has 0 amide bonds. The van der Waals surface area contributed by atoms with Crippen LogP contribution in [0.3, 0.4) is 0 Å². The van der Waals surface area contributed by atoms with Crippen LogP contribution in [0.5, 0.6) is 0 Å². The third-order valence-corrected chi connectivity index (χ3v) is 8.54. The maximum absolute atomic E-state index is 12.8. The molecule has 4 rings (SSSR count). The van der Waals surface area contributed by atoms with E-state index in [0.29, 0.717) is 24.5 Å². The average molecular weight is 432 g/mol. The zero-order valence-corrected chi connectivity index (χ0v) is 18.9. The van der Waals surface area contributed by atoms with Crippen LogP contribution in [0.15, 0.2) is 16.8 Å². The summed E-state index contributed by atoms with van der Waals surface area (Å²) < 4.78 is 10.2. The van der Waals surface area contributed by atoms with Crippen molar-refractivity contribution in [2.24, 2.45) is 33.7 Å². The molecular formula is C24H33NO6. The second-order valence-corrected chi connectivity index (χ2v) is 10.1. The van der Waals surface area contributed by atoms with E-state index in [-0.39, 0.29) is 41.3 Å². The molecule has 0 heterocycles. The number of rotatable bonds is 4. The Bertz CT molecular complexity index is 847. The number of fused-ring (bicyclic) bond motifs is 5. The fraction of sp³-hybridized carbons (Fsp3) is 0.750. The molecule has 0 spiro atoms. The number of allylic oxidation sites excluding steroid dienone is 1. The molecule has 0 aromatic rings. The molecule has 0 bridgehead atoms. The summed E-state index contributed by atoms with van der Waals surface area (Å²) in [4.78, 5) is 41.2. The van der Waals surface area contributed by atoms with E-state index in [4.69, 9.17) is 9.57 Å². The highest BCUT2D eigenvalue weighted by Crippen LogP contribution is 2.63. The van der Waals surface area contributed by atoms with Gasteiger partial charge in [-0.05, 0) is 55.4 Å². The average Bonchev–Trinajstić information content (AvgIpc) is 3.03. The van der Waals surface area contributed by atoms with Crippen LogP contribution < -0.4 is 0 Å². The van der Waals surface area contributed by atoms with Gasteiger partial charge in [0.05, 0.1) is 12.8 Å². The van der Waals surface area contributed by atoms with Crippen molar-refractivity contribution >= 4 is 23.4 Å². The predicted octanol–water partition coefficient (Wildman–Crippen LogP) is 3.61. The number of ether oxygens (including phenoxy) is 2. The second kappa shape index (κ2) is 8.06. The van der Waals surface area contributed by atoms with Crippen LogP contribution in [0.2, 0.25) is 0 Å². The summed E-state index contributed by atoms with van der Waals surface area (Å²) >= 11 is 0. The largest absolute Gasteiger partial charge is 0.466 e. The molecule has 4 aliphatic carbocycles. The van der Waals surface area contributed by atoms with Gasteiger partial charge in [-0.3, -0.25) is 9.59 Å². The minimum Gasteiger partial charge on any atom is -0.466 e. The lowest BCUT2D eigenvalue weighted by molar-refractivity contribution is -0.148. The zero-order valence-electron chi connectivity index (χ0n) is 18.9. The van der Waals surface area contributed by atoms with Gasteiger partial charge in [0.25, 0.3) is 0 Å². The van der Waals surface area contributed by atoms with Crippen molar-refractivity contribution in [3.05, 3.63) is 11.6 Å².